The molecular formula is C12H23NO2. The summed E-state index contributed by atoms with van der Waals surface area (Å²) in [6.07, 6.45) is 7.65. The quantitative estimate of drug-likeness (QED) is 0.712. The molecule has 3 nitrogen and oxygen atoms in total. The van der Waals surface area contributed by atoms with Crippen molar-refractivity contribution < 1.29 is 9.90 Å². The maximum Gasteiger partial charge on any atom is 0.304 e. The molecule has 0 aliphatic heterocycles. The third-order valence-electron chi connectivity index (χ3n) is 3.35. The molecule has 0 aromatic heterocycles. The lowest BCUT2D eigenvalue weighted by Gasteiger charge is -2.19. The van der Waals surface area contributed by atoms with Gasteiger partial charge in [-0.15, -0.1) is 0 Å². The Bertz CT molecular complexity index is 200. The minimum absolute atomic E-state index is 0.106. The predicted molar refractivity (Wildman–Crippen MR) is 60.6 cm³/mol. The molecule has 1 saturated carbocycles. The Morgan fingerprint density at radius 3 is 2.60 bits per heavy atom. The highest BCUT2D eigenvalue weighted by Gasteiger charge is 2.19. The van der Waals surface area contributed by atoms with E-state index in [0.717, 1.165) is 12.3 Å². The van der Waals surface area contributed by atoms with E-state index in [1.54, 1.807) is 0 Å². The van der Waals surface area contributed by atoms with Gasteiger partial charge in [0.15, 0.2) is 0 Å². The number of hydrogen-bond acceptors (Lipinski definition) is 2. The van der Waals surface area contributed by atoms with E-state index in [2.05, 4.69) is 6.92 Å². The summed E-state index contributed by atoms with van der Waals surface area (Å²) in [5.74, 6) is 0.662. The highest BCUT2D eigenvalue weighted by molar-refractivity contribution is 5.67. The summed E-state index contributed by atoms with van der Waals surface area (Å²) < 4.78 is 0. The maximum atomic E-state index is 10.5. The average Bonchev–Trinajstić information content (AvgIpc) is 2.53. The van der Waals surface area contributed by atoms with Crippen LogP contribution < -0.4 is 5.73 Å². The second-order valence-corrected chi connectivity index (χ2v) is 5.09. The molecule has 0 aromatic rings. The summed E-state index contributed by atoms with van der Waals surface area (Å²) in [5.41, 5.74) is 5.77. The van der Waals surface area contributed by atoms with Crippen molar-refractivity contribution in [2.24, 2.45) is 17.6 Å². The Morgan fingerprint density at radius 1 is 1.47 bits per heavy atom. The van der Waals surface area contributed by atoms with Gasteiger partial charge in [-0.05, 0) is 24.7 Å². The van der Waals surface area contributed by atoms with Crippen LogP contribution in [0.15, 0.2) is 0 Å². The standard InChI is InChI=1S/C12H23NO2/c1-9(6-10-4-2-3-5-10)7-11(13)8-12(14)15/h9-11H,2-8,13H2,1H3,(H,14,15). The zero-order valence-electron chi connectivity index (χ0n) is 9.61. The highest BCUT2D eigenvalue weighted by atomic mass is 16.4. The van der Waals surface area contributed by atoms with Crippen molar-refractivity contribution in [1.82, 2.24) is 0 Å². The number of rotatable bonds is 6. The van der Waals surface area contributed by atoms with Crippen LogP contribution in [0.2, 0.25) is 0 Å². The zero-order chi connectivity index (χ0) is 11.3. The number of nitrogens with two attached hydrogens (primary N) is 1. The third kappa shape index (κ3) is 5.17. The number of hydrogen-bond donors (Lipinski definition) is 2. The Balaban J connectivity index is 2.16. The molecule has 1 aliphatic carbocycles. The first-order chi connectivity index (χ1) is 7.08. The molecule has 1 fully saturated rings. The first-order valence-electron chi connectivity index (χ1n) is 6.05. The predicted octanol–water partition coefficient (Wildman–Crippen LogP) is 2.39. The van der Waals surface area contributed by atoms with Crippen molar-refractivity contribution in [2.75, 3.05) is 0 Å². The Kier molecular flexibility index (Phi) is 5.09. The SMILES string of the molecule is CC(CC(N)CC(=O)O)CC1CCCC1. The molecular weight excluding hydrogens is 190 g/mol. The lowest BCUT2D eigenvalue weighted by atomic mass is 9.89. The van der Waals surface area contributed by atoms with Crippen LogP contribution in [-0.4, -0.2) is 17.1 Å². The van der Waals surface area contributed by atoms with Gasteiger partial charge in [0, 0.05) is 6.04 Å². The normalized spacial score (nSPS) is 21.5. The van der Waals surface area contributed by atoms with Crippen molar-refractivity contribution in [3.63, 3.8) is 0 Å². The van der Waals surface area contributed by atoms with E-state index in [-0.39, 0.29) is 12.5 Å². The maximum absolute atomic E-state index is 10.5. The number of carboxylic acids is 1. The first-order valence-corrected chi connectivity index (χ1v) is 6.05. The van der Waals surface area contributed by atoms with E-state index < -0.39 is 5.97 Å². The molecule has 2 unspecified atom stereocenters. The van der Waals surface area contributed by atoms with Gasteiger partial charge in [0.25, 0.3) is 0 Å². The summed E-state index contributed by atoms with van der Waals surface area (Å²) in [5, 5.41) is 8.60. The molecule has 0 amide bonds. The van der Waals surface area contributed by atoms with Crippen LogP contribution in [0.5, 0.6) is 0 Å². The highest BCUT2D eigenvalue weighted by Crippen LogP contribution is 2.31. The van der Waals surface area contributed by atoms with E-state index in [1.807, 2.05) is 0 Å². The summed E-state index contributed by atoms with van der Waals surface area (Å²) in [4.78, 5) is 10.5. The number of carbonyl (C=O) groups is 1. The van der Waals surface area contributed by atoms with Crippen molar-refractivity contribution in [2.45, 2.75) is 57.9 Å². The van der Waals surface area contributed by atoms with E-state index >= 15 is 0 Å². The minimum atomic E-state index is -0.782. The topological polar surface area (TPSA) is 63.3 Å². The second-order valence-electron chi connectivity index (χ2n) is 5.09. The smallest absolute Gasteiger partial charge is 0.304 e. The molecule has 0 radical (unpaired) electrons. The van der Waals surface area contributed by atoms with Gasteiger partial charge in [-0.3, -0.25) is 4.79 Å². The summed E-state index contributed by atoms with van der Waals surface area (Å²) in [6, 6.07) is -0.168. The van der Waals surface area contributed by atoms with Crippen LogP contribution in [0.1, 0.15) is 51.9 Å². The fraction of sp³-hybridized carbons (Fsp3) is 0.917. The van der Waals surface area contributed by atoms with Gasteiger partial charge in [-0.1, -0.05) is 32.6 Å². The largest absolute Gasteiger partial charge is 0.481 e. The van der Waals surface area contributed by atoms with Gasteiger partial charge in [0.1, 0.15) is 0 Å². The molecule has 15 heavy (non-hydrogen) atoms. The van der Waals surface area contributed by atoms with Crippen LogP contribution in [0.3, 0.4) is 0 Å². The van der Waals surface area contributed by atoms with Crippen LogP contribution in [0.4, 0.5) is 0 Å². The summed E-state index contributed by atoms with van der Waals surface area (Å²) in [7, 11) is 0. The molecule has 1 rings (SSSR count). The third-order valence-corrected chi connectivity index (χ3v) is 3.35. The van der Waals surface area contributed by atoms with Gasteiger partial charge in [0.2, 0.25) is 0 Å². The average molecular weight is 213 g/mol. The molecule has 0 saturated heterocycles. The minimum Gasteiger partial charge on any atom is -0.481 e. The summed E-state index contributed by atoms with van der Waals surface area (Å²) >= 11 is 0. The van der Waals surface area contributed by atoms with Crippen molar-refractivity contribution in [3.05, 3.63) is 0 Å². The fourth-order valence-corrected chi connectivity index (χ4v) is 2.74. The molecule has 0 heterocycles. The molecule has 0 bridgehead atoms. The lowest BCUT2D eigenvalue weighted by Crippen LogP contribution is -2.26. The zero-order valence-corrected chi connectivity index (χ0v) is 9.61. The monoisotopic (exact) mass is 213 g/mol. The molecule has 3 heteroatoms. The van der Waals surface area contributed by atoms with Gasteiger partial charge >= 0.3 is 5.97 Å². The van der Waals surface area contributed by atoms with Gasteiger partial charge < -0.3 is 10.8 Å². The number of aliphatic carboxylic acids is 1. The Morgan fingerprint density at radius 2 is 2.07 bits per heavy atom. The Labute approximate surface area is 92.0 Å². The fourth-order valence-electron chi connectivity index (χ4n) is 2.74. The second kappa shape index (κ2) is 6.11. The molecule has 88 valence electrons. The molecule has 3 N–H and O–H groups in total. The first kappa shape index (κ1) is 12.5. The van der Waals surface area contributed by atoms with Crippen LogP contribution in [-0.2, 0) is 4.79 Å². The van der Waals surface area contributed by atoms with E-state index in [9.17, 15) is 4.79 Å². The van der Waals surface area contributed by atoms with Gasteiger partial charge in [-0.2, -0.15) is 0 Å². The van der Waals surface area contributed by atoms with Crippen molar-refractivity contribution in [1.29, 1.82) is 0 Å². The van der Waals surface area contributed by atoms with Crippen LogP contribution in [0, 0.1) is 11.8 Å². The van der Waals surface area contributed by atoms with Crippen LogP contribution >= 0.6 is 0 Å². The molecule has 0 aromatic carbocycles. The lowest BCUT2D eigenvalue weighted by molar-refractivity contribution is -0.137. The van der Waals surface area contributed by atoms with Crippen molar-refractivity contribution in [3.8, 4) is 0 Å². The van der Waals surface area contributed by atoms with Gasteiger partial charge in [-0.25, -0.2) is 0 Å². The van der Waals surface area contributed by atoms with E-state index in [1.165, 1.54) is 32.1 Å². The van der Waals surface area contributed by atoms with Crippen LogP contribution in [0.25, 0.3) is 0 Å². The Hall–Kier alpha value is -0.570. The molecule has 0 spiro atoms. The van der Waals surface area contributed by atoms with Crippen molar-refractivity contribution >= 4 is 5.97 Å². The number of carboxylic acid groups (broad SMARTS) is 1. The van der Waals surface area contributed by atoms with E-state index in [4.69, 9.17) is 10.8 Å². The molecule has 1 aliphatic rings. The summed E-state index contributed by atoms with van der Waals surface area (Å²) in [6.45, 7) is 2.19. The van der Waals surface area contributed by atoms with E-state index in [0.29, 0.717) is 5.92 Å². The molecule has 2 atom stereocenters. The van der Waals surface area contributed by atoms with Gasteiger partial charge in [0.05, 0.1) is 6.42 Å².